The van der Waals surface area contributed by atoms with Crippen molar-refractivity contribution in [3.63, 3.8) is 0 Å². The molecular formula is C26H38O5. The number of Topliss-reactive ketones (excluding diaryl/α,β-unsaturated/α-hetero) is 3. The van der Waals surface area contributed by atoms with Gasteiger partial charge in [0.25, 0.3) is 0 Å². The number of fused-ring (bicyclic) bond motifs is 1. The first kappa shape index (κ1) is 23.9. The van der Waals surface area contributed by atoms with Crippen LogP contribution in [-0.4, -0.2) is 33.2 Å². The zero-order chi connectivity index (χ0) is 23.7. The summed E-state index contributed by atoms with van der Waals surface area (Å²) >= 11 is 0. The van der Waals surface area contributed by atoms with Crippen molar-refractivity contribution in [2.24, 2.45) is 34.0 Å². The Labute approximate surface area is 186 Å². The molecule has 0 radical (unpaired) electrons. The van der Waals surface area contributed by atoms with Crippen molar-refractivity contribution in [2.45, 2.75) is 86.7 Å². The van der Waals surface area contributed by atoms with E-state index in [1.807, 2.05) is 40.7 Å². The van der Waals surface area contributed by atoms with Gasteiger partial charge < -0.3 is 10.2 Å². The highest BCUT2D eigenvalue weighted by Gasteiger charge is 2.78. The molecule has 0 saturated heterocycles. The Morgan fingerprint density at radius 1 is 1.23 bits per heavy atom. The molecule has 0 aliphatic heterocycles. The minimum Gasteiger partial charge on any atom is -0.510 e. The quantitative estimate of drug-likeness (QED) is 0.361. The molecule has 5 heteroatoms. The maximum atomic E-state index is 14.1. The van der Waals surface area contributed by atoms with E-state index in [0.29, 0.717) is 12.8 Å². The number of carbonyl (C=O) groups is 3. The molecule has 2 bridgehead atoms. The monoisotopic (exact) mass is 430 g/mol. The van der Waals surface area contributed by atoms with Gasteiger partial charge in [0.15, 0.2) is 17.3 Å². The summed E-state index contributed by atoms with van der Waals surface area (Å²) in [4.78, 5) is 41.1. The van der Waals surface area contributed by atoms with Crippen LogP contribution in [0.4, 0.5) is 0 Å². The molecule has 0 heterocycles. The van der Waals surface area contributed by atoms with E-state index >= 15 is 0 Å². The van der Waals surface area contributed by atoms with E-state index in [1.165, 1.54) is 0 Å². The van der Waals surface area contributed by atoms with Gasteiger partial charge in [-0.2, -0.15) is 0 Å². The maximum absolute atomic E-state index is 14.1. The Morgan fingerprint density at radius 3 is 2.29 bits per heavy atom. The lowest BCUT2D eigenvalue weighted by Gasteiger charge is -2.40. The predicted molar refractivity (Wildman–Crippen MR) is 119 cm³/mol. The van der Waals surface area contributed by atoms with Crippen molar-refractivity contribution in [1.82, 2.24) is 0 Å². The fourth-order valence-corrected chi connectivity index (χ4v) is 6.76. The second kappa shape index (κ2) is 7.13. The summed E-state index contributed by atoms with van der Waals surface area (Å²) in [6, 6.07) is 0. The summed E-state index contributed by atoms with van der Waals surface area (Å²) in [5.41, 5.74) is -3.31. The molecule has 172 valence electrons. The van der Waals surface area contributed by atoms with Crippen LogP contribution in [0.5, 0.6) is 0 Å². The Bertz CT molecular complexity index is 895. The zero-order valence-electron chi connectivity index (χ0n) is 20.3. The molecule has 5 atom stereocenters. The lowest BCUT2D eigenvalue weighted by atomic mass is 9.62. The fourth-order valence-electron chi connectivity index (χ4n) is 6.76. The third-order valence-electron chi connectivity index (χ3n) is 8.65. The van der Waals surface area contributed by atoms with Crippen LogP contribution in [0.15, 0.2) is 23.0 Å². The van der Waals surface area contributed by atoms with Gasteiger partial charge in [-0.15, -0.1) is 0 Å². The first-order valence-corrected chi connectivity index (χ1v) is 11.5. The SMILES string of the molecule is CCC(C)C(=O)C1=C(O)[C@]23C[C@@H](C(C)(C)O)C(C)(C)[C@H]2CC(CC=C(C)C)(C1=O)C3=O. The molecule has 0 aromatic heterocycles. The molecule has 2 N–H and O–H groups in total. The number of rotatable bonds is 6. The minimum atomic E-state index is -1.31. The van der Waals surface area contributed by atoms with Crippen LogP contribution in [0.25, 0.3) is 0 Å². The molecule has 3 rings (SSSR count). The number of carbonyl (C=O) groups excluding carboxylic acids is 3. The third-order valence-corrected chi connectivity index (χ3v) is 8.65. The van der Waals surface area contributed by atoms with Gasteiger partial charge in [0.2, 0.25) is 0 Å². The number of allylic oxidation sites excluding steroid dienone is 4. The van der Waals surface area contributed by atoms with E-state index in [2.05, 4.69) is 0 Å². The average Bonchev–Trinajstić information content (AvgIpc) is 3.03. The molecule has 0 aromatic carbocycles. The summed E-state index contributed by atoms with van der Waals surface area (Å²) in [5, 5.41) is 22.4. The van der Waals surface area contributed by atoms with E-state index in [1.54, 1.807) is 20.8 Å². The summed E-state index contributed by atoms with van der Waals surface area (Å²) < 4.78 is 0. The van der Waals surface area contributed by atoms with Gasteiger partial charge in [0.1, 0.15) is 11.3 Å². The Morgan fingerprint density at radius 2 is 1.81 bits per heavy atom. The van der Waals surface area contributed by atoms with Gasteiger partial charge >= 0.3 is 0 Å². The molecule has 1 spiro atoms. The number of aliphatic hydroxyl groups is 2. The van der Waals surface area contributed by atoms with Crippen LogP contribution in [0, 0.1) is 34.0 Å². The van der Waals surface area contributed by atoms with E-state index in [-0.39, 0.29) is 47.6 Å². The summed E-state index contributed by atoms with van der Waals surface area (Å²) in [6.07, 6.45) is 3.25. The standard InChI is InChI=1S/C26H38O5/c1-9-15(4)19(27)18-20(28)25(11-10-14(2)3)12-17-23(5,6)16(24(7,8)31)13-26(17,21(18)29)22(25)30/h10,15-17,29,31H,9,11-13H2,1-8H3/t15?,16-,17-,25?,26+/m1/s1. The molecule has 2 saturated carbocycles. The molecule has 0 aromatic rings. The normalized spacial score (nSPS) is 35.3. The highest BCUT2D eigenvalue weighted by atomic mass is 16.3. The van der Waals surface area contributed by atoms with Gasteiger partial charge in [-0.3, -0.25) is 14.4 Å². The molecular weight excluding hydrogens is 392 g/mol. The average molecular weight is 431 g/mol. The predicted octanol–water partition coefficient (Wildman–Crippen LogP) is 4.73. The van der Waals surface area contributed by atoms with E-state index in [4.69, 9.17) is 0 Å². The van der Waals surface area contributed by atoms with Crippen LogP contribution < -0.4 is 0 Å². The largest absolute Gasteiger partial charge is 0.510 e. The molecule has 5 nitrogen and oxygen atoms in total. The van der Waals surface area contributed by atoms with Crippen molar-refractivity contribution in [3.8, 4) is 0 Å². The van der Waals surface area contributed by atoms with Crippen LogP contribution in [0.1, 0.15) is 81.1 Å². The minimum absolute atomic E-state index is 0.161. The molecule has 2 unspecified atom stereocenters. The lowest BCUT2D eigenvalue weighted by molar-refractivity contribution is -0.144. The number of aliphatic hydroxyl groups excluding tert-OH is 1. The Hall–Kier alpha value is -1.75. The summed E-state index contributed by atoms with van der Waals surface area (Å²) in [5.74, 6) is -2.46. The van der Waals surface area contributed by atoms with Crippen LogP contribution in [-0.2, 0) is 14.4 Å². The van der Waals surface area contributed by atoms with Crippen molar-refractivity contribution in [2.75, 3.05) is 0 Å². The van der Waals surface area contributed by atoms with E-state index in [9.17, 15) is 24.6 Å². The Balaban J connectivity index is 2.31. The first-order chi connectivity index (χ1) is 14.1. The number of ketones is 3. The fraction of sp³-hybridized carbons (Fsp3) is 0.731. The highest BCUT2D eigenvalue weighted by Crippen LogP contribution is 2.73. The van der Waals surface area contributed by atoms with E-state index < -0.39 is 33.5 Å². The molecule has 2 fully saturated rings. The van der Waals surface area contributed by atoms with E-state index in [0.717, 1.165) is 5.57 Å². The number of hydrogen-bond donors (Lipinski definition) is 2. The highest BCUT2D eigenvalue weighted by molar-refractivity contribution is 6.32. The topological polar surface area (TPSA) is 91.7 Å². The van der Waals surface area contributed by atoms with Gasteiger partial charge in [-0.25, -0.2) is 0 Å². The van der Waals surface area contributed by atoms with Gasteiger partial charge in [0.05, 0.1) is 16.4 Å². The van der Waals surface area contributed by atoms with Crippen molar-refractivity contribution in [3.05, 3.63) is 23.0 Å². The molecule has 0 amide bonds. The van der Waals surface area contributed by atoms with Gasteiger partial charge in [0, 0.05) is 5.92 Å². The lowest BCUT2D eigenvalue weighted by Crippen LogP contribution is -2.50. The first-order valence-electron chi connectivity index (χ1n) is 11.5. The Kier molecular flexibility index (Phi) is 5.50. The third kappa shape index (κ3) is 3.02. The van der Waals surface area contributed by atoms with Gasteiger partial charge in [-0.05, 0) is 70.6 Å². The number of hydrogen-bond acceptors (Lipinski definition) is 5. The van der Waals surface area contributed by atoms with Crippen LogP contribution >= 0.6 is 0 Å². The van der Waals surface area contributed by atoms with Crippen molar-refractivity contribution >= 4 is 17.3 Å². The second-order valence-corrected chi connectivity index (χ2v) is 11.6. The molecule has 3 aliphatic rings. The van der Waals surface area contributed by atoms with Crippen molar-refractivity contribution in [1.29, 1.82) is 0 Å². The summed E-state index contributed by atoms with van der Waals surface area (Å²) in [6.45, 7) is 15.0. The van der Waals surface area contributed by atoms with Crippen LogP contribution in [0.3, 0.4) is 0 Å². The summed E-state index contributed by atoms with van der Waals surface area (Å²) in [7, 11) is 0. The molecule has 31 heavy (non-hydrogen) atoms. The van der Waals surface area contributed by atoms with Gasteiger partial charge in [-0.1, -0.05) is 39.3 Å². The zero-order valence-corrected chi connectivity index (χ0v) is 20.3. The van der Waals surface area contributed by atoms with Crippen LogP contribution in [0.2, 0.25) is 0 Å². The maximum Gasteiger partial charge on any atom is 0.183 e. The van der Waals surface area contributed by atoms with Crippen molar-refractivity contribution < 1.29 is 24.6 Å². The second-order valence-electron chi connectivity index (χ2n) is 11.6. The molecule has 3 aliphatic carbocycles. The smallest absolute Gasteiger partial charge is 0.183 e.